The highest BCUT2D eigenvalue weighted by molar-refractivity contribution is 7.98. The van der Waals surface area contributed by atoms with Crippen LogP contribution in [0.5, 0.6) is 0 Å². The summed E-state index contributed by atoms with van der Waals surface area (Å²) in [4.78, 5) is 30.1. The number of carbonyl (C=O) groups excluding carboxylic acids is 2. The molecule has 1 atom stereocenters. The van der Waals surface area contributed by atoms with Crippen LogP contribution in [-0.4, -0.2) is 54.7 Å². The van der Waals surface area contributed by atoms with Crippen molar-refractivity contribution in [2.75, 3.05) is 47.5 Å². The van der Waals surface area contributed by atoms with E-state index >= 15 is 0 Å². The fourth-order valence-corrected chi connectivity index (χ4v) is 5.68. The van der Waals surface area contributed by atoms with Gasteiger partial charge < -0.3 is 20.4 Å². The van der Waals surface area contributed by atoms with Crippen molar-refractivity contribution in [2.24, 2.45) is 0 Å². The van der Waals surface area contributed by atoms with Crippen molar-refractivity contribution >= 4 is 40.6 Å². The highest BCUT2D eigenvalue weighted by Gasteiger charge is 2.27. The molecule has 0 saturated carbocycles. The van der Waals surface area contributed by atoms with Crippen LogP contribution in [0.2, 0.25) is 0 Å². The summed E-state index contributed by atoms with van der Waals surface area (Å²) in [7, 11) is 0. The summed E-state index contributed by atoms with van der Waals surface area (Å²) in [5.74, 6) is 1.49. The lowest BCUT2D eigenvalue weighted by Gasteiger charge is -2.36. The van der Waals surface area contributed by atoms with Crippen LogP contribution in [0.25, 0.3) is 0 Å². The second kappa shape index (κ2) is 10.4. The van der Waals surface area contributed by atoms with E-state index in [1.807, 2.05) is 47.4 Å². The predicted molar refractivity (Wildman–Crippen MR) is 144 cm³/mol. The third kappa shape index (κ3) is 5.30. The first kappa shape index (κ1) is 23.3. The van der Waals surface area contributed by atoms with Gasteiger partial charge in [0.25, 0.3) is 5.91 Å². The van der Waals surface area contributed by atoms with Gasteiger partial charge in [0.15, 0.2) is 0 Å². The van der Waals surface area contributed by atoms with Crippen molar-refractivity contribution in [2.45, 2.75) is 18.7 Å². The fourth-order valence-electron chi connectivity index (χ4n) is 4.54. The molecular formula is C28H30N4O2S. The van der Waals surface area contributed by atoms with Crippen molar-refractivity contribution in [1.82, 2.24) is 4.90 Å². The number of thioether (sulfide) groups is 1. The van der Waals surface area contributed by atoms with Crippen LogP contribution >= 0.6 is 11.8 Å². The normalized spacial score (nSPS) is 17.4. The Balaban J connectivity index is 1.17. The van der Waals surface area contributed by atoms with Gasteiger partial charge in [-0.05, 0) is 48.4 Å². The van der Waals surface area contributed by atoms with Crippen LogP contribution in [0.15, 0.2) is 72.8 Å². The van der Waals surface area contributed by atoms with Gasteiger partial charge in [-0.1, -0.05) is 42.5 Å². The highest BCUT2D eigenvalue weighted by Crippen LogP contribution is 2.30. The van der Waals surface area contributed by atoms with E-state index in [0.29, 0.717) is 30.1 Å². The average molecular weight is 487 g/mol. The van der Waals surface area contributed by atoms with Gasteiger partial charge in [0.2, 0.25) is 5.91 Å². The maximum absolute atomic E-state index is 13.1. The molecule has 2 aliphatic rings. The third-order valence-corrected chi connectivity index (χ3v) is 7.75. The molecule has 3 aromatic rings. The molecular weight excluding hydrogens is 456 g/mol. The van der Waals surface area contributed by atoms with E-state index in [1.54, 1.807) is 17.8 Å². The second-order valence-corrected chi connectivity index (χ2v) is 10.0. The molecule has 0 aliphatic carbocycles. The summed E-state index contributed by atoms with van der Waals surface area (Å²) < 4.78 is 0. The summed E-state index contributed by atoms with van der Waals surface area (Å²) >= 11 is 1.74. The molecule has 180 valence electrons. The van der Waals surface area contributed by atoms with Crippen molar-refractivity contribution in [1.29, 1.82) is 0 Å². The molecule has 0 spiro atoms. The Labute approximate surface area is 210 Å². The van der Waals surface area contributed by atoms with Crippen LogP contribution in [0.4, 0.5) is 17.1 Å². The molecule has 6 nitrogen and oxygen atoms in total. The number of carbonyl (C=O) groups is 2. The number of nitrogens with zero attached hydrogens (tertiary/aromatic N) is 2. The maximum atomic E-state index is 13.1. The van der Waals surface area contributed by atoms with Gasteiger partial charge in [-0.2, -0.15) is 11.8 Å². The smallest absolute Gasteiger partial charge is 0.254 e. The van der Waals surface area contributed by atoms with E-state index in [1.165, 1.54) is 16.8 Å². The largest absolute Gasteiger partial charge is 0.371 e. The van der Waals surface area contributed by atoms with E-state index in [-0.39, 0.29) is 17.9 Å². The average Bonchev–Trinajstić information content (AvgIpc) is 2.90. The molecule has 1 fully saturated rings. The first-order chi connectivity index (χ1) is 17.1. The van der Waals surface area contributed by atoms with Crippen LogP contribution in [-0.2, 0) is 10.5 Å². The number of piperazine rings is 1. The van der Waals surface area contributed by atoms with Gasteiger partial charge in [0.05, 0.1) is 11.4 Å². The molecule has 0 bridgehead atoms. The zero-order chi connectivity index (χ0) is 24.2. The van der Waals surface area contributed by atoms with Crippen molar-refractivity contribution in [3.8, 4) is 0 Å². The van der Waals surface area contributed by atoms with E-state index in [4.69, 9.17) is 0 Å². The molecule has 7 heteroatoms. The Morgan fingerprint density at radius 2 is 1.69 bits per heavy atom. The number of hydrogen-bond donors (Lipinski definition) is 2. The summed E-state index contributed by atoms with van der Waals surface area (Å²) in [6.07, 6.45) is 0. The number of aryl methyl sites for hydroxylation is 1. The van der Waals surface area contributed by atoms with Crippen LogP contribution < -0.4 is 15.5 Å². The van der Waals surface area contributed by atoms with Gasteiger partial charge in [-0.15, -0.1) is 0 Å². The van der Waals surface area contributed by atoms with Crippen molar-refractivity contribution < 1.29 is 9.59 Å². The Morgan fingerprint density at radius 1 is 0.943 bits per heavy atom. The minimum atomic E-state index is -0.302. The SMILES string of the molecule is Cc1ccccc1CSCC1Nc2ccc(C(=O)N3CCN(c4ccccc4)CC3)cc2NC1=O. The molecule has 2 N–H and O–H groups in total. The molecule has 1 unspecified atom stereocenters. The number of fused-ring (bicyclic) bond motifs is 1. The first-order valence-corrected chi connectivity index (χ1v) is 13.2. The Kier molecular flexibility index (Phi) is 6.95. The van der Waals surface area contributed by atoms with E-state index in [2.05, 4.69) is 46.7 Å². The molecule has 0 radical (unpaired) electrons. The standard InChI is InChI=1S/C28H30N4O2S/c1-20-7-5-6-8-22(20)18-35-19-26-27(33)30-25-17-21(11-12-24(25)29-26)28(34)32-15-13-31(14-16-32)23-9-3-2-4-10-23/h2-12,17,26,29H,13-16,18-19H2,1H3,(H,30,33). The van der Waals surface area contributed by atoms with Crippen molar-refractivity contribution in [3.63, 3.8) is 0 Å². The van der Waals surface area contributed by atoms with Crippen LogP contribution in [0, 0.1) is 6.92 Å². The Hall–Kier alpha value is -3.45. The number of benzene rings is 3. The van der Waals surface area contributed by atoms with E-state index in [0.717, 1.165) is 24.5 Å². The monoisotopic (exact) mass is 486 g/mol. The van der Waals surface area contributed by atoms with Crippen LogP contribution in [0.3, 0.4) is 0 Å². The summed E-state index contributed by atoms with van der Waals surface area (Å²) in [5, 5.41) is 6.36. The minimum absolute atomic E-state index is 0.00525. The van der Waals surface area contributed by atoms with Crippen molar-refractivity contribution in [3.05, 3.63) is 89.5 Å². The van der Waals surface area contributed by atoms with Gasteiger partial charge >= 0.3 is 0 Å². The number of anilines is 3. The number of para-hydroxylation sites is 1. The van der Waals surface area contributed by atoms with E-state index in [9.17, 15) is 9.59 Å². The highest BCUT2D eigenvalue weighted by atomic mass is 32.2. The molecule has 2 aliphatic heterocycles. The first-order valence-electron chi connectivity index (χ1n) is 12.0. The maximum Gasteiger partial charge on any atom is 0.254 e. The quantitative estimate of drug-likeness (QED) is 0.532. The summed E-state index contributed by atoms with van der Waals surface area (Å²) in [6, 6.07) is 23.9. The predicted octanol–water partition coefficient (Wildman–Crippen LogP) is 4.62. The van der Waals surface area contributed by atoms with Gasteiger partial charge in [0, 0.05) is 48.9 Å². The number of hydrogen-bond acceptors (Lipinski definition) is 5. The van der Waals surface area contributed by atoms with Gasteiger partial charge in [-0.3, -0.25) is 9.59 Å². The molecule has 35 heavy (non-hydrogen) atoms. The summed E-state index contributed by atoms with van der Waals surface area (Å²) in [5.41, 5.74) is 5.88. The van der Waals surface area contributed by atoms with Crippen LogP contribution in [0.1, 0.15) is 21.5 Å². The van der Waals surface area contributed by atoms with Gasteiger partial charge in [-0.25, -0.2) is 0 Å². The lowest BCUT2D eigenvalue weighted by molar-refractivity contribution is -0.116. The Morgan fingerprint density at radius 3 is 2.46 bits per heavy atom. The van der Waals surface area contributed by atoms with E-state index < -0.39 is 0 Å². The lowest BCUT2D eigenvalue weighted by Crippen LogP contribution is -2.48. The zero-order valence-electron chi connectivity index (χ0n) is 19.9. The minimum Gasteiger partial charge on any atom is -0.371 e. The number of nitrogens with one attached hydrogen (secondary N) is 2. The third-order valence-electron chi connectivity index (χ3n) is 6.66. The second-order valence-electron chi connectivity index (χ2n) is 9.00. The molecule has 1 saturated heterocycles. The molecule has 2 amide bonds. The Bertz CT molecular complexity index is 1210. The summed E-state index contributed by atoms with van der Waals surface area (Å²) in [6.45, 7) is 5.08. The number of rotatable bonds is 6. The molecule has 0 aromatic heterocycles. The zero-order valence-corrected chi connectivity index (χ0v) is 20.7. The topological polar surface area (TPSA) is 64.7 Å². The number of amides is 2. The lowest BCUT2D eigenvalue weighted by atomic mass is 10.1. The van der Waals surface area contributed by atoms with Gasteiger partial charge in [0.1, 0.15) is 6.04 Å². The fraction of sp³-hybridized carbons (Fsp3) is 0.286. The molecule has 2 heterocycles. The molecule has 5 rings (SSSR count). The molecule has 3 aromatic carbocycles.